The molecule has 0 bridgehead atoms. The van der Waals surface area contributed by atoms with Gasteiger partial charge in [0.2, 0.25) is 5.91 Å². The van der Waals surface area contributed by atoms with Crippen LogP contribution in [0.1, 0.15) is 12.1 Å². The van der Waals surface area contributed by atoms with Crippen LogP contribution in [0, 0.1) is 18.8 Å². The number of nitrogens with one attached hydrogen (secondary N) is 1. The van der Waals surface area contributed by atoms with Crippen LogP contribution in [0.3, 0.4) is 0 Å². The summed E-state index contributed by atoms with van der Waals surface area (Å²) in [6.07, 6.45) is 1.97. The van der Waals surface area contributed by atoms with Crippen molar-refractivity contribution in [2.45, 2.75) is 13.3 Å². The lowest BCUT2D eigenvalue weighted by molar-refractivity contribution is -0.120. The molecule has 1 amide bonds. The van der Waals surface area contributed by atoms with Gasteiger partial charge in [-0.25, -0.2) is 0 Å². The molecule has 1 rings (SSSR count). The number of aryl methyl sites for hydroxylation is 1. The van der Waals surface area contributed by atoms with Gasteiger partial charge in [-0.3, -0.25) is 9.78 Å². The molecular weight excluding hydrogens is 252 g/mol. The van der Waals surface area contributed by atoms with Crippen molar-refractivity contribution in [1.82, 2.24) is 10.3 Å². The van der Waals surface area contributed by atoms with Crippen LogP contribution in [-0.4, -0.2) is 29.9 Å². The van der Waals surface area contributed by atoms with Gasteiger partial charge in [0, 0.05) is 18.0 Å². The second-order valence-electron chi connectivity index (χ2n) is 3.49. The van der Waals surface area contributed by atoms with Crippen LogP contribution in [0.15, 0.2) is 18.3 Å². The molecule has 0 aliphatic rings. The predicted octanol–water partition coefficient (Wildman–Crippen LogP) is 1.52. The summed E-state index contributed by atoms with van der Waals surface area (Å²) in [6.45, 7) is 2.49. The molecule has 1 aromatic heterocycles. The van der Waals surface area contributed by atoms with Crippen LogP contribution in [0.25, 0.3) is 0 Å². The molecule has 0 aliphatic carbocycles. The Kier molecular flexibility index (Phi) is 6.67. The summed E-state index contributed by atoms with van der Waals surface area (Å²) in [5.41, 5.74) is 0.940. The molecule has 0 saturated heterocycles. The first-order valence-electron chi connectivity index (χ1n) is 5.56. The standard InChI is InChI=1S/C13H15ClN2O2/c1-11-4-5-12(10-16-11)18-9-3-2-8-15-13(17)6-7-14/h4-5,10H,6-9H2,1H3,(H,15,17). The maximum absolute atomic E-state index is 11.0. The van der Waals surface area contributed by atoms with Gasteiger partial charge in [-0.2, -0.15) is 0 Å². The summed E-state index contributed by atoms with van der Waals surface area (Å²) in [5.74, 6) is 6.49. The lowest BCUT2D eigenvalue weighted by atomic mass is 10.4. The summed E-state index contributed by atoms with van der Waals surface area (Å²) >= 11 is 5.42. The minimum atomic E-state index is -0.0945. The van der Waals surface area contributed by atoms with Gasteiger partial charge in [0.15, 0.2) is 0 Å². The molecule has 0 radical (unpaired) electrons. The van der Waals surface area contributed by atoms with Gasteiger partial charge in [-0.1, -0.05) is 11.8 Å². The topological polar surface area (TPSA) is 51.2 Å². The van der Waals surface area contributed by atoms with Crippen molar-refractivity contribution >= 4 is 17.5 Å². The fourth-order valence-electron chi connectivity index (χ4n) is 1.09. The molecule has 0 atom stereocenters. The van der Waals surface area contributed by atoms with E-state index in [4.69, 9.17) is 16.3 Å². The fraction of sp³-hybridized carbons (Fsp3) is 0.385. The summed E-state index contributed by atoms with van der Waals surface area (Å²) in [4.78, 5) is 15.1. The van der Waals surface area contributed by atoms with Crippen molar-refractivity contribution in [2.24, 2.45) is 0 Å². The number of halogens is 1. The molecule has 1 heterocycles. The highest BCUT2D eigenvalue weighted by molar-refractivity contribution is 6.18. The molecular formula is C13H15ClN2O2. The van der Waals surface area contributed by atoms with Crippen LogP contribution in [0.5, 0.6) is 5.75 Å². The maximum Gasteiger partial charge on any atom is 0.221 e. The Morgan fingerprint density at radius 3 is 3.00 bits per heavy atom. The average molecular weight is 267 g/mol. The Hall–Kier alpha value is -1.73. The van der Waals surface area contributed by atoms with E-state index in [2.05, 4.69) is 22.1 Å². The average Bonchev–Trinajstić information content (AvgIpc) is 2.36. The van der Waals surface area contributed by atoms with Gasteiger partial charge in [0.25, 0.3) is 0 Å². The van der Waals surface area contributed by atoms with E-state index in [0.29, 0.717) is 24.6 Å². The highest BCUT2D eigenvalue weighted by Gasteiger charge is 1.95. The summed E-state index contributed by atoms with van der Waals surface area (Å²) in [6, 6.07) is 3.71. The number of carbonyl (C=O) groups is 1. The third kappa shape index (κ3) is 6.12. The van der Waals surface area contributed by atoms with Crippen LogP contribution >= 0.6 is 11.6 Å². The van der Waals surface area contributed by atoms with Crippen molar-refractivity contribution in [2.75, 3.05) is 19.0 Å². The van der Waals surface area contributed by atoms with Gasteiger partial charge in [0.05, 0.1) is 12.7 Å². The van der Waals surface area contributed by atoms with E-state index in [0.717, 1.165) is 5.69 Å². The molecule has 0 aliphatic heterocycles. The number of amides is 1. The molecule has 0 spiro atoms. The fourth-order valence-corrected chi connectivity index (χ4v) is 1.26. The van der Waals surface area contributed by atoms with E-state index >= 15 is 0 Å². The van der Waals surface area contributed by atoms with E-state index in [9.17, 15) is 4.79 Å². The predicted molar refractivity (Wildman–Crippen MR) is 70.6 cm³/mol. The third-order valence-corrected chi connectivity index (χ3v) is 2.20. The number of pyridine rings is 1. The van der Waals surface area contributed by atoms with Crippen molar-refractivity contribution in [1.29, 1.82) is 0 Å². The number of carbonyl (C=O) groups excluding carboxylic acids is 1. The van der Waals surface area contributed by atoms with Crippen molar-refractivity contribution in [3.05, 3.63) is 24.0 Å². The quantitative estimate of drug-likeness (QED) is 0.649. The van der Waals surface area contributed by atoms with Crippen molar-refractivity contribution in [3.8, 4) is 17.6 Å². The van der Waals surface area contributed by atoms with Gasteiger partial charge < -0.3 is 10.1 Å². The minimum absolute atomic E-state index is 0.0945. The molecule has 18 heavy (non-hydrogen) atoms. The SMILES string of the molecule is Cc1ccc(OCC#CCNC(=O)CCCl)cn1. The number of hydrogen-bond acceptors (Lipinski definition) is 3. The molecule has 0 unspecified atom stereocenters. The smallest absolute Gasteiger partial charge is 0.221 e. The molecule has 96 valence electrons. The van der Waals surface area contributed by atoms with Crippen LogP contribution in [-0.2, 0) is 4.79 Å². The molecule has 5 heteroatoms. The highest BCUT2D eigenvalue weighted by Crippen LogP contribution is 2.07. The van der Waals surface area contributed by atoms with Crippen LogP contribution in [0.2, 0.25) is 0 Å². The first-order valence-corrected chi connectivity index (χ1v) is 6.09. The van der Waals surface area contributed by atoms with Crippen LogP contribution in [0.4, 0.5) is 0 Å². The highest BCUT2D eigenvalue weighted by atomic mass is 35.5. The lowest BCUT2D eigenvalue weighted by Gasteiger charge is -2.00. The zero-order valence-electron chi connectivity index (χ0n) is 10.2. The van der Waals surface area contributed by atoms with Gasteiger partial charge in [-0.15, -0.1) is 11.6 Å². The third-order valence-electron chi connectivity index (χ3n) is 2.02. The van der Waals surface area contributed by atoms with E-state index < -0.39 is 0 Å². The summed E-state index contributed by atoms with van der Waals surface area (Å²) < 4.78 is 5.35. The molecule has 1 aromatic rings. The monoisotopic (exact) mass is 266 g/mol. The first kappa shape index (κ1) is 14.3. The Labute approximate surface area is 112 Å². The van der Waals surface area contributed by atoms with E-state index in [1.165, 1.54) is 0 Å². The Bertz CT molecular complexity index is 435. The van der Waals surface area contributed by atoms with E-state index in [-0.39, 0.29) is 12.5 Å². The van der Waals surface area contributed by atoms with Crippen molar-refractivity contribution in [3.63, 3.8) is 0 Å². The largest absolute Gasteiger partial charge is 0.479 e. The van der Waals surface area contributed by atoms with Gasteiger partial charge in [0.1, 0.15) is 12.4 Å². The number of aromatic nitrogens is 1. The second kappa shape index (κ2) is 8.37. The number of ether oxygens (including phenoxy) is 1. The Morgan fingerprint density at radius 2 is 2.33 bits per heavy atom. The minimum Gasteiger partial charge on any atom is -0.479 e. The number of rotatable bonds is 5. The van der Waals surface area contributed by atoms with Gasteiger partial charge >= 0.3 is 0 Å². The number of nitrogens with zero attached hydrogens (tertiary/aromatic N) is 1. The normalized spacial score (nSPS) is 9.22. The lowest BCUT2D eigenvalue weighted by Crippen LogP contribution is -2.23. The van der Waals surface area contributed by atoms with Gasteiger partial charge in [-0.05, 0) is 19.1 Å². The van der Waals surface area contributed by atoms with Crippen molar-refractivity contribution < 1.29 is 9.53 Å². The molecule has 0 aromatic carbocycles. The Morgan fingerprint density at radius 1 is 1.50 bits per heavy atom. The second-order valence-corrected chi connectivity index (χ2v) is 3.87. The van der Waals surface area contributed by atoms with E-state index in [1.54, 1.807) is 6.20 Å². The molecule has 0 saturated carbocycles. The van der Waals surface area contributed by atoms with E-state index in [1.807, 2.05) is 19.1 Å². The van der Waals surface area contributed by atoms with Crippen LogP contribution < -0.4 is 10.1 Å². The summed E-state index contributed by atoms with van der Waals surface area (Å²) in [5, 5.41) is 2.62. The zero-order chi connectivity index (χ0) is 13.2. The maximum atomic E-state index is 11.0. The Balaban J connectivity index is 2.18. The zero-order valence-corrected chi connectivity index (χ0v) is 11.0. The molecule has 0 fully saturated rings. The molecule has 4 nitrogen and oxygen atoms in total. The number of hydrogen-bond donors (Lipinski definition) is 1. The number of alkyl halides is 1. The summed E-state index contributed by atoms with van der Waals surface area (Å²) in [7, 11) is 0. The first-order chi connectivity index (χ1) is 8.72. The molecule has 1 N–H and O–H groups in total.